The Kier molecular flexibility index (Phi) is 5.63. The highest BCUT2D eigenvalue weighted by Crippen LogP contribution is 2.10. The average molecular weight is 366 g/mol. The van der Waals surface area contributed by atoms with Crippen LogP contribution in [-0.2, 0) is 16.1 Å². The number of fused-ring (bicyclic) bond motifs is 1. The molecule has 0 aliphatic carbocycles. The van der Waals surface area contributed by atoms with Crippen molar-refractivity contribution >= 4 is 22.8 Å². The van der Waals surface area contributed by atoms with Gasteiger partial charge in [0, 0.05) is 5.52 Å². The largest absolute Gasteiger partial charge is 0.480 e. The van der Waals surface area contributed by atoms with Crippen LogP contribution in [0.4, 0.5) is 0 Å². The molecule has 0 aliphatic rings. The van der Waals surface area contributed by atoms with E-state index in [1.54, 1.807) is 24.3 Å². The average Bonchev–Trinajstić information content (AvgIpc) is 2.67. The highest BCUT2D eigenvalue weighted by atomic mass is 16.5. The Balaban J connectivity index is 1.69. The Bertz CT molecular complexity index is 1010. The predicted molar refractivity (Wildman–Crippen MR) is 99.6 cm³/mol. The molecule has 27 heavy (non-hydrogen) atoms. The summed E-state index contributed by atoms with van der Waals surface area (Å²) in [4.78, 5) is 38.6. The zero-order valence-electron chi connectivity index (χ0n) is 14.3. The van der Waals surface area contributed by atoms with E-state index in [1.165, 1.54) is 6.07 Å². The van der Waals surface area contributed by atoms with Crippen LogP contribution < -0.4 is 10.9 Å². The van der Waals surface area contributed by atoms with Gasteiger partial charge in [-0.3, -0.25) is 9.59 Å². The summed E-state index contributed by atoms with van der Waals surface area (Å²) < 4.78 is 5.40. The van der Waals surface area contributed by atoms with E-state index in [4.69, 9.17) is 4.74 Å². The first-order valence-corrected chi connectivity index (χ1v) is 8.32. The first-order chi connectivity index (χ1) is 13.0. The number of rotatable bonds is 7. The van der Waals surface area contributed by atoms with Gasteiger partial charge < -0.3 is 20.1 Å². The number of amides is 1. The number of hydrogen-bond acceptors (Lipinski definition) is 4. The van der Waals surface area contributed by atoms with Crippen molar-refractivity contribution in [3.8, 4) is 0 Å². The van der Waals surface area contributed by atoms with Gasteiger partial charge in [0.15, 0.2) is 6.04 Å². The maximum Gasteiger partial charge on any atom is 0.328 e. The monoisotopic (exact) mass is 366 g/mol. The third-order valence-electron chi connectivity index (χ3n) is 4.00. The van der Waals surface area contributed by atoms with Gasteiger partial charge in [-0.15, -0.1) is 0 Å². The molecule has 0 bridgehead atoms. The zero-order chi connectivity index (χ0) is 19.2. The highest BCUT2D eigenvalue weighted by molar-refractivity contribution is 5.98. The van der Waals surface area contributed by atoms with Crippen LogP contribution in [0.3, 0.4) is 0 Å². The van der Waals surface area contributed by atoms with Crippen molar-refractivity contribution < 1.29 is 19.4 Å². The second-order valence-electron chi connectivity index (χ2n) is 5.96. The van der Waals surface area contributed by atoms with E-state index in [-0.39, 0.29) is 18.8 Å². The molecule has 0 fully saturated rings. The summed E-state index contributed by atoms with van der Waals surface area (Å²) in [6.07, 6.45) is 0. The van der Waals surface area contributed by atoms with Gasteiger partial charge in [0.25, 0.3) is 11.5 Å². The maximum absolute atomic E-state index is 12.4. The van der Waals surface area contributed by atoms with Crippen LogP contribution in [-0.4, -0.2) is 34.6 Å². The lowest BCUT2D eigenvalue weighted by molar-refractivity contribution is -0.141. The Morgan fingerprint density at radius 1 is 1.07 bits per heavy atom. The van der Waals surface area contributed by atoms with Crippen molar-refractivity contribution in [2.75, 3.05) is 6.61 Å². The normalized spacial score (nSPS) is 11.9. The molecule has 7 nitrogen and oxygen atoms in total. The molecule has 1 unspecified atom stereocenters. The van der Waals surface area contributed by atoms with Crippen LogP contribution in [0.2, 0.25) is 0 Å². The number of para-hydroxylation sites is 1. The van der Waals surface area contributed by atoms with E-state index in [1.807, 2.05) is 30.3 Å². The Labute approximate surface area is 154 Å². The summed E-state index contributed by atoms with van der Waals surface area (Å²) in [7, 11) is 0. The summed E-state index contributed by atoms with van der Waals surface area (Å²) in [5.74, 6) is -2.01. The molecule has 1 aromatic heterocycles. The molecule has 3 aromatic rings. The van der Waals surface area contributed by atoms with Crippen LogP contribution in [0.15, 0.2) is 65.5 Å². The SMILES string of the molecule is O=C(NC(COCc1ccccc1)C(=O)O)c1cc2ccccc2[nH]c1=O. The molecule has 0 saturated carbocycles. The molecule has 1 amide bonds. The Hall–Kier alpha value is -3.45. The third-order valence-corrected chi connectivity index (χ3v) is 4.00. The van der Waals surface area contributed by atoms with Crippen molar-refractivity contribution in [2.24, 2.45) is 0 Å². The molecule has 3 N–H and O–H groups in total. The first-order valence-electron chi connectivity index (χ1n) is 8.32. The molecular weight excluding hydrogens is 348 g/mol. The van der Waals surface area contributed by atoms with Gasteiger partial charge in [-0.2, -0.15) is 0 Å². The molecular formula is C20H18N2O5. The van der Waals surface area contributed by atoms with Crippen molar-refractivity contribution in [1.29, 1.82) is 0 Å². The molecule has 2 aromatic carbocycles. The van der Waals surface area contributed by atoms with E-state index in [9.17, 15) is 19.5 Å². The molecule has 1 atom stereocenters. The molecule has 0 saturated heterocycles. The lowest BCUT2D eigenvalue weighted by atomic mass is 10.1. The number of hydrogen-bond donors (Lipinski definition) is 3. The quantitative estimate of drug-likeness (QED) is 0.592. The van der Waals surface area contributed by atoms with Crippen LogP contribution >= 0.6 is 0 Å². The van der Waals surface area contributed by atoms with Gasteiger partial charge in [-0.25, -0.2) is 4.79 Å². The number of carboxylic acids is 1. The molecule has 0 radical (unpaired) electrons. The summed E-state index contributed by atoms with van der Waals surface area (Å²) in [6, 6.07) is 16.4. The number of pyridine rings is 1. The standard InChI is InChI=1S/C20H18N2O5/c23-18-15(10-14-8-4-5-9-16(14)21-18)19(24)22-17(20(25)26)12-27-11-13-6-2-1-3-7-13/h1-10,17H,11-12H2,(H,21,23)(H,22,24)(H,25,26). The van der Waals surface area contributed by atoms with Crippen LogP contribution in [0.25, 0.3) is 10.9 Å². The number of H-pyrrole nitrogens is 1. The molecule has 138 valence electrons. The number of ether oxygens (including phenoxy) is 1. The number of benzene rings is 2. The number of carboxylic acid groups (broad SMARTS) is 1. The summed E-state index contributed by atoms with van der Waals surface area (Å²) in [5.41, 5.74) is 0.752. The van der Waals surface area contributed by atoms with Crippen molar-refractivity contribution in [3.63, 3.8) is 0 Å². The van der Waals surface area contributed by atoms with Gasteiger partial charge in [0.2, 0.25) is 0 Å². The summed E-state index contributed by atoms with van der Waals surface area (Å²) >= 11 is 0. The number of nitrogens with one attached hydrogen (secondary N) is 2. The minimum atomic E-state index is -1.27. The van der Waals surface area contributed by atoms with Crippen LogP contribution in [0.1, 0.15) is 15.9 Å². The number of aromatic nitrogens is 1. The summed E-state index contributed by atoms with van der Waals surface area (Å²) in [5, 5.41) is 12.3. The number of carbonyl (C=O) groups is 2. The topological polar surface area (TPSA) is 108 Å². The van der Waals surface area contributed by atoms with Gasteiger partial charge in [-0.05, 0) is 23.1 Å². The van der Waals surface area contributed by atoms with E-state index in [0.29, 0.717) is 10.9 Å². The van der Waals surface area contributed by atoms with E-state index >= 15 is 0 Å². The smallest absolute Gasteiger partial charge is 0.328 e. The van der Waals surface area contributed by atoms with E-state index in [0.717, 1.165) is 5.56 Å². The predicted octanol–water partition coefficient (Wildman–Crippen LogP) is 1.93. The lowest BCUT2D eigenvalue weighted by Gasteiger charge is -2.15. The fourth-order valence-electron chi connectivity index (χ4n) is 2.60. The number of aliphatic carboxylic acids is 1. The van der Waals surface area contributed by atoms with Gasteiger partial charge >= 0.3 is 5.97 Å². The third kappa shape index (κ3) is 4.59. The van der Waals surface area contributed by atoms with Crippen molar-refractivity contribution in [1.82, 2.24) is 10.3 Å². The highest BCUT2D eigenvalue weighted by Gasteiger charge is 2.22. The minimum absolute atomic E-state index is 0.150. The van der Waals surface area contributed by atoms with Crippen molar-refractivity contribution in [2.45, 2.75) is 12.6 Å². The molecule has 0 aliphatic heterocycles. The van der Waals surface area contributed by atoms with Crippen molar-refractivity contribution in [3.05, 3.63) is 82.1 Å². The second kappa shape index (κ2) is 8.29. The van der Waals surface area contributed by atoms with Gasteiger partial charge in [0.1, 0.15) is 5.56 Å². The number of carbonyl (C=O) groups excluding carboxylic acids is 1. The molecule has 0 spiro atoms. The first kappa shape index (κ1) is 18.3. The van der Waals surface area contributed by atoms with E-state index in [2.05, 4.69) is 10.3 Å². The molecule has 3 rings (SSSR count). The lowest BCUT2D eigenvalue weighted by Crippen LogP contribution is -2.45. The Morgan fingerprint density at radius 3 is 2.52 bits per heavy atom. The fraction of sp³-hybridized carbons (Fsp3) is 0.150. The van der Waals surface area contributed by atoms with Crippen LogP contribution in [0.5, 0.6) is 0 Å². The van der Waals surface area contributed by atoms with E-state index < -0.39 is 23.5 Å². The maximum atomic E-state index is 12.4. The zero-order valence-corrected chi connectivity index (χ0v) is 14.3. The number of aromatic amines is 1. The fourth-order valence-corrected chi connectivity index (χ4v) is 2.60. The molecule has 1 heterocycles. The molecule has 7 heteroatoms. The minimum Gasteiger partial charge on any atom is -0.480 e. The van der Waals surface area contributed by atoms with Gasteiger partial charge in [0.05, 0.1) is 13.2 Å². The summed E-state index contributed by atoms with van der Waals surface area (Å²) in [6.45, 7) is -0.00149. The van der Waals surface area contributed by atoms with Gasteiger partial charge in [-0.1, -0.05) is 48.5 Å². The second-order valence-corrected chi connectivity index (χ2v) is 5.96. The Morgan fingerprint density at radius 2 is 1.78 bits per heavy atom. The van der Waals surface area contributed by atoms with Crippen LogP contribution in [0, 0.1) is 0 Å².